The minimum Gasteiger partial charge on any atom is -0.477 e. The monoisotopic (exact) mass is 347 g/mol. The fourth-order valence-electron chi connectivity index (χ4n) is 2.16. The third-order valence-corrected chi connectivity index (χ3v) is 3.79. The summed E-state index contributed by atoms with van der Waals surface area (Å²) in [6, 6.07) is 0.105. The van der Waals surface area contributed by atoms with Gasteiger partial charge in [-0.1, -0.05) is 0 Å². The Morgan fingerprint density at radius 1 is 1.17 bits per heavy atom. The zero-order chi connectivity index (χ0) is 18.1. The molecule has 5 nitrogen and oxygen atoms in total. The smallest absolute Gasteiger partial charge is 0.341 e. The molecule has 1 aliphatic rings. The molecule has 1 aromatic carbocycles. The minimum absolute atomic E-state index is 0.105. The number of hydrogen-bond donors (Lipinski definition) is 3. The molecular formula is C15H13F4NO4. The molecule has 0 atom stereocenters. The van der Waals surface area contributed by atoms with E-state index in [9.17, 15) is 27.2 Å². The number of aliphatic carboxylic acids is 1. The van der Waals surface area contributed by atoms with Crippen LogP contribution in [0.3, 0.4) is 0 Å². The summed E-state index contributed by atoms with van der Waals surface area (Å²) in [5, 5.41) is 20.6. The number of hydrogen-bond acceptors (Lipinski definition) is 4. The van der Waals surface area contributed by atoms with Crippen molar-refractivity contribution < 1.29 is 37.4 Å². The molecule has 0 saturated heterocycles. The van der Waals surface area contributed by atoms with Crippen molar-refractivity contribution in [3.8, 4) is 0 Å². The van der Waals surface area contributed by atoms with Crippen LogP contribution in [0.4, 0.5) is 17.6 Å². The minimum atomic E-state index is -2.20. The van der Waals surface area contributed by atoms with Crippen LogP contribution in [0.25, 0.3) is 0 Å². The van der Waals surface area contributed by atoms with Crippen LogP contribution in [0.1, 0.15) is 29.6 Å². The van der Waals surface area contributed by atoms with E-state index in [-0.39, 0.29) is 12.7 Å². The number of halogens is 4. The molecule has 1 aliphatic carbocycles. The topological polar surface area (TPSA) is 86.6 Å². The van der Waals surface area contributed by atoms with Gasteiger partial charge >= 0.3 is 5.97 Å². The molecular weight excluding hydrogens is 334 g/mol. The summed E-state index contributed by atoms with van der Waals surface area (Å²) in [5.41, 5.74) is -2.76. The maximum Gasteiger partial charge on any atom is 0.341 e. The molecule has 0 amide bonds. The number of rotatable bonds is 7. The van der Waals surface area contributed by atoms with Gasteiger partial charge in [0.15, 0.2) is 23.3 Å². The Morgan fingerprint density at radius 3 is 2.29 bits per heavy atom. The number of carbonyl (C=O) groups excluding carboxylic acids is 1. The molecule has 2 rings (SSSR count). The molecule has 24 heavy (non-hydrogen) atoms. The van der Waals surface area contributed by atoms with E-state index in [0.717, 1.165) is 6.20 Å². The summed E-state index contributed by atoms with van der Waals surface area (Å²) in [7, 11) is 0. The van der Waals surface area contributed by atoms with Crippen molar-refractivity contribution >= 4 is 11.8 Å². The summed E-state index contributed by atoms with van der Waals surface area (Å²) in [5.74, 6) is -11.3. The maximum atomic E-state index is 13.6. The van der Waals surface area contributed by atoms with Gasteiger partial charge in [0.25, 0.3) is 0 Å². The van der Waals surface area contributed by atoms with Gasteiger partial charge in [0, 0.05) is 18.3 Å². The lowest BCUT2D eigenvalue weighted by Gasteiger charge is -2.14. The normalized spacial score (nSPS) is 16.0. The molecule has 0 bridgehead atoms. The van der Waals surface area contributed by atoms with Crippen LogP contribution >= 0.6 is 0 Å². The largest absolute Gasteiger partial charge is 0.477 e. The fraction of sp³-hybridized carbons (Fsp3) is 0.333. The summed E-state index contributed by atoms with van der Waals surface area (Å²) in [4.78, 5) is 23.3. The van der Waals surface area contributed by atoms with Gasteiger partial charge in [-0.3, -0.25) is 4.79 Å². The van der Waals surface area contributed by atoms with Crippen molar-refractivity contribution in [2.45, 2.75) is 24.8 Å². The first-order valence-corrected chi connectivity index (χ1v) is 6.92. The van der Waals surface area contributed by atoms with Crippen molar-refractivity contribution in [1.82, 2.24) is 5.32 Å². The van der Waals surface area contributed by atoms with Crippen LogP contribution in [0.5, 0.6) is 0 Å². The van der Waals surface area contributed by atoms with E-state index >= 15 is 0 Å². The van der Waals surface area contributed by atoms with Gasteiger partial charge in [-0.15, -0.1) is 0 Å². The molecule has 0 radical (unpaired) electrons. The van der Waals surface area contributed by atoms with Gasteiger partial charge in [0.1, 0.15) is 5.57 Å². The Hall–Kier alpha value is -2.42. The second-order valence-corrected chi connectivity index (χ2v) is 5.44. The van der Waals surface area contributed by atoms with E-state index in [0.29, 0.717) is 19.3 Å². The van der Waals surface area contributed by atoms with Crippen LogP contribution in [0, 0.1) is 23.3 Å². The van der Waals surface area contributed by atoms with Crippen LogP contribution < -0.4 is 5.32 Å². The predicted molar refractivity (Wildman–Crippen MR) is 73.1 cm³/mol. The standard InChI is InChI=1S/C15H13F4NO4/c16-9-5-7(10(17)12(19)11(9)18)13(22)8(14(23)24)6-20-15(1-2-15)3-4-21/h5-6,20-21H,1-4H2,(H,23,24). The third-order valence-electron chi connectivity index (χ3n) is 3.79. The van der Waals surface area contributed by atoms with Crippen molar-refractivity contribution in [3.63, 3.8) is 0 Å². The molecule has 0 aliphatic heterocycles. The number of benzene rings is 1. The summed E-state index contributed by atoms with van der Waals surface area (Å²) in [6.45, 7) is -0.166. The van der Waals surface area contributed by atoms with E-state index in [4.69, 9.17) is 10.2 Å². The quantitative estimate of drug-likeness (QED) is 0.133. The highest BCUT2D eigenvalue weighted by molar-refractivity contribution is 6.23. The molecule has 9 heteroatoms. The Morgan fingerprint density at radius 2 is 1.79 bits per heavy atom. The first kappa shape index (κ1) is 17.9. The SMILES string of the molecule is O=C(O)C(=CNC1(CCO)CC1)C(=O)c1cc(F)c(F)c(F)c1F. The van der Waals surface area contributed by atoms with Gasteiger partial charge < -0.3 is 15.5 Å². The second kappa shape index (κ2) is 6.60. The third kappa shape index (κ3) is 3.40. The van der Waals surface area contributed by atoms with E-state index < -0.39 is 51.7 Å². The second-order valence-electron chi connectivity index (χ2n) is 5.44. The summed E-state index contributed by atoms with van der Waals surface area (Å²) in [6.07, 6.45) is 2.35. The van der Waals surface area contributed by atoms with Crippen molar-refractivity contribution in [2.24, 2.45) is 0 Å². The van der Waals surface area contributed by atoms with E-state index in [1.54, 1.807) is 0 Å². The van der Waals surface area contributed by atoms with Crippen LogP contribution in [-0.4, -0.2) is 34.1 Å². The highest BCUT2D eigenvalue weighted by Gasteiger charge is 2.41. The van der Waals surface area contributed by atoms with Gasteiger partial charge in [-0.05, 0) is 25.3 Å². The summed E-state index contributed by atoms with van der Waals surface area (Å²) >= 11 is 0. The van der Waals surface area contributed by atoms with Crippen LogP contribution in [0.2, 0.25) is 0 Å². The number of aliphatic hydroxyl groups excluding tert-OH is 1. The molecule has 0 heterocycles. The molecule has 130 valence electrons. The predicted octanol–water partition coefficient (Wildman–Crippen LogP) is 1.90. The Kier molecular flexibility index (Phi) is 4.93. The van der Waals surface area contributed by atoms with Crippen molar-refractivity contribution in [1.29, 1.82) is 0 Å². The highest BCUT2D eigenvalue weighted by Crippen LogP contribution is 2.38. The molecule has 0 aromatic heterocycles. The van der Waals surface area contributed by atoms with Gasteiger partial charge in [-0.25, -0.2) is 22.4 Å². The Bertz CT molecular complexity index is 729. The zero-order valence-corrected chi connectivity index (χ0v) is 12.2. The number of carbonyl (C=O) groups is 2. The molecule has 1 fully saturated rings. The number of Topliss-reactive ketones (excluding diaryl/α,β-unsaturated/α-hetero) is 1. The number of aliphatic hydroxyl groups is 1. The van der Waals surface area contributed by atoms with Crippen LogP contribution in [-0.2, 0) is 4.79 Å². The van der Waals surface area contributed by atoms with E-state index in [1.165, 1.54) is 0 Å². The average Bonchev–Trinajstić information content (AvgIpc) is 3.28. The van der Waals surface area contributed by atoms with Crippen molar-refractivity contribution in [2.75, 3.05) is 6.61 Å². The number of ketones is 1. The lowest BCUT2D eigenvalue weighted by atomic mass is 10.0. The maximum absolute atomic E-state index is 13.6. The first-order valence-electron chi connectivity index (χ1n) is 6.92. The van der Waals surface area contributed by atoms with E-state index in [1.807, 2.05) is 0 Å². The van der Waals surface area contributed by atoms with E-state index in [2.05, 4.69) is 5.32 Å². The number of carboxylic acids is 1. The first-order chi connectivity index (χ1) is 11.2. The number of carboxylic acid groups (broad SMARTS) is 1. The van der Waals surface area contributed by atoms with Gasteiger partial charge in [0.05, 0.1) is 5.56 Å². The Balaban J connectivity index is 2.36. The molecule has 0 unspecified atom stereocenters. The number of nitrogens with one attached hydrogen (secondary N) is 1. The highest BCUT2D eigenvalue weighted by atomic mass is 19.2. The Labute approximate surface area is 133 Å². The average molecular weight is 347 g/mol. The molecule has 3 N–H and O–H groups in total. The van der Waals surface area contributed by atoms with Gasteiger partial charge in [0.2, 0.25) is 5.78 Å². The fourth-order valence-corrected chi connectivity index (χ4v) is 2.16. The zero-order valence-electron chi connectivity index (χ0n) is 12.2. The molecule has 1 saturated carbocycles. The van der Waals surface area contributed by atoms with Crippen LogP contribution in [0.15, 0.2) is 17.8 Å². The molecule has 0 spiro atoms. The summed E-state index contributed by atoms with van der Waals surface area (Å²) < 4.78 is 53.0. The lowest BCUT2D eigenvalue weighted by Crippen LogP contribution is -2.29. The molecule has 1 aromatic rings. The van der Waals surface area contributed by atoms with Crippen molar-refractivity contribution in [3.05, 3.63) is 46.7 Å². The lowest BCUT2D eigenvalue weighted by molar-refractivity contribution is -0.132. The van der Waals surface area contributed by atoms with Gasteiger partial charge in [-0.2, -0.15) is 0 Å².